The number of hydrogen-bond donors (Lipinski definition) is 0. The van der Waals surface area contributed by atoms with Crippen molar-refractivity contribution in [3.8, 4) is 0 Å². The summed E-state index contributed by atoms with van der Waals surface area (Å²) in [6.45, 7) is 11.2. The molecule has 0 aliphatic carbocycles. The summed E-state index contributed by atoms with van der Waals surface area (Å²) < 4.78 is 5.70. The Balaban J connectivity index is 1.36. The fourth-order valence-corrected chi connectivity index (χ4v) is 5.76. The molecule has 7 nitrogen and oxygen atoms in total. The first kappa shape index (κ1) is 23.4. The number of piperazine rings is 1. The third-order valence-electron chi connectivity index (χ3n) is 7.13. The molecule has 2 aromatic rings. The van der Waals surface area contributed by atoms with E-state index in [0.717, 1.165) is 57.0 Å². The maximum atomic E-state index is 12.9. The first-order valence-corrected chi connectivity index (χ1v) is 12.7. The van der Waals surface area contributed by atoms with Crippen LogP contribution >= 0.6 is 11.6 Å². The van der Waals surface area contributed by atoms with E-state index in [1.54, 1.807) is 0 Å². The van der Waals surface area contributed by atoms with E-state index in [4.69, 9.17) is 21.3 Å². The van der Waals surface area contributed by atoms with Crippen molar-refractivity contribution in [1.29, 1.82) is 0 Å². The van der Waals surface area contributed by atoms with Crippen LogP contribution in [-0.2, 0) is 24.2 Å². The normalized spacial score (nSPS) is 24.8. The predicted molar refractivity (Wildman–Crippen MR) is 133 cm³/mol. The zero-order valence-corrected chi connectivity index (χ0v) is 21.3. The first-order chi connectivity index (χ1) is 16.2. The monoisotopic (exact) mass is 483 g/mol. The van der Waals surface area contributed by atoms with Crippen LogP contribution in [0.2, 0.25) is 5.28 Å². The van der Waals surface area contributed by atoms with Gasteiger partial charge in [0.05, 0.1) is 17.8 Å². The highest BCUT2D eigenvalue weighted by molar-refractivity contribution is 6.28. The lowest BCUT2D eigenvalue weighted by Crippen LogP contribution is -2.57. The number of amides is 1. The Kier molecular flexibility index (Phi) is 6.19. The van der Waals surface area contributed by atoms with E-state index in [1.807, 2.05) is 31.7 Å². The fraction of sp³-hybridized carbons (Fsp3) is 0.577. The summed E-state index contributed by atoms with van der Waals surface area (Å²) in [6, 6.07) is 11.2. The molecule has 0 radical (unpaired) electrons. The third-order valence-corrected chi connectivity index (χ3v) is 7.30. The van der Waals surface area contributed by atoms with Gasteiger partial charge in [0.15, 0.2) is 0 Å². The molecule has 1 aromatic carbocycles. The molecule has 5 rings (SSSR count). The van der Waals surface area contributed by atoms with Gasteiger partial charge in [-0.15, -0.1) is 0 Å². The molecule has 0 spiro atoms. The Morgan fingerprint density at radius 3 is 2.44 bits per heavy atom. The largest absolute Gasteiger partial charge is 0.444 e. The van der Waals surface area contributed by atoms with Crippen LogP contribution in [-0.4, -0.2) is 62.7 Å². The van der Waals surface area contributed by atoms with Gasteiger partial charge in [0.25, 0.3) is 0 Å². The molecule has 2 bridgehead atoms. The second-order valence-electron chi connectivity index (χ2n) is 10.9. The topological polar surface area (TPSA) is 61.8 Å². The van der Waals surface area contributed by atoms with E-state index in [2.05, 4.69) is 46.0 Å². The number of halogens is 1. The lowest BCUT2D eigenvalue weighted by Gasteiger charge is -2.43. The van der Waals surface area contributed by atoms with Crippen molar-refractivity contribution in [1.82, 2.24) is 19.8 Å². The zero-order valence-electron chi connectivity index (χ0n) is 20.5. The van der Waals surface area contributed by atoms with Gasteiger partial charge < -0.3 is 9.64 Å². The fourth-order valence-electron chi connectivity index (χ4n) is 5.58. The van der Waals surface area contributed by atoms with E-state index in [1.165, 1.54) is 11.1 Å². The number of nitrogens with zero attached hydrogens (tertiary/aromatic N) is 5. The van der Waals surface area contributed by atoms with Crippen molar-refractivity contribution >= 4 is 23.5 Å². The smallest absolute Gasteiger partial charge is 0.410 e. The molecular weight excluding hydrogens is 450 g/mol. The summed E-state index contributed by atoms with van der Waals surface area (Å²) in [7, 11) is 0. The van der Waals surface area contributed by atoms with E-state index >= 15 is 0 Å². The molecule has 2 fully saturated rings. The molecule has 4 heterocycles. The molecule has 1 amide bonds. The summed E-state index contributed by atoms with van der Waals surface area (Å²) in [5.74, 6) is 0.946. The van der Waals surface area contributed by atoms with Crippen LogP contribution in [0.4, 0.5) is 10.6 Å². The SMILES string of the molecule is CC1Cc2c(nc(Cl)nc2N2C[C@H]3CC[C@@H](C2)N3C(=O)OC(C)(C)C)CN1Cc1ccccc1. The van der Waals surface area contributed by atoms with E-state index in [-0.39, 0.29) is 18.2 Å². The number of benzene rings is 1. The second kappa shape index (κ2) is 9.00. The van der Waals surface area contributed by atoms with Crippen LogP contribution < -0.4 is 4.90 Å². The molecule has 1 aromatic heterocycles. The minimum Gasteiger partial charge on any atom is -0.444 e. The zero-order chi connectivity index (χ0) is 24.0. The number of carbonyl (C=O) groups is 1. The molecule has 3 atom stereocenters. The van der Waals surface area contributed by atoms with Crippen LogP contribution in [0, 0.1) is 0 Å². The minimum atomic E-state index is -0.491. The number of rotatable bonds is 3. The molecule has 2 saturated heterocycles. The van der Waals surface area contributed by atoms with Gasteiger partial charge in [0.2, 0.25) is 5.28 Å². The summed E-state index contributed by atoms with van der Waals surface area (Å²) in [6.07, 6.45) is 2.66. The molecule has 1 unspecified atom stereocenters. The van der Waals surface area contributed by atoms with E-state index in [0.29, 0.717) is 11.3 Å². The van der Waals surface area contributed by atoms with Gasteiger partial charge in [-0.05, 0) is 64.1 Å². The molecule has 0 saturated carbocycles. The maximum absolute atomic E-state index is 12.9. The van der Waals surface area contributed by atoms with Gasteiger partial charge in [-0.2, -0.15) is 0 Å². The number of ether oxygens (including phenoxy) is 1. The van der Waals surface area contributed by atoms with Crippen molar-refractivity contribution in [3.05, 3.63) is 52.4 Å². The Hall–Kier alpha value is -2.38. The summed E-state index contributed by atoms with van der Waals surface area (Å²) >= 11 is 6.43. The van der Waals surface area contributed by atoms with Crippen LogP contribution in [0.25, 0.3) is 0 Å². The van der Waals surface area contributed by atoms with Crippen LogP contribution in [0.5, 0.6) is 0 Å². The van der Waals surface area contributed by atoms with Crippen LogP contribution in [0.1, 0.15) is 57.4 Å². The van der Waals surface area contributed by atoms with E-state index in [9.17, 15) is 4.79 Å². The minimum absolute atomic E-state index is 0.133. The van der Waals surface area contributed by atoms with Crippen molar-refractivity contribution in [2.24, 2.45) is 0 Å². The van der Waals surface area contributed by atoms with Crippen molar-refractivity contribution in [2.75, 3.05) is 18.0 Å². The summed E-state index contributed by atoms with van der Waals surface area (Å²) in [5.41, 5.74) is 3.03. The highest BCUT2D eigenvalue weighted by Crippen LogP contribution is 2.37. The van der Waals surface area contributed by atoms with E-state index < -0.39 is 5.60 Å². The van der Waals surface area contributed by atoms with Crippen molar-refractivity contribution in [2.45, 2.75) is 83.8 Å². The standard InChI is InChI=1S/C26H34ClN5O2/c1-17-12-21-22(16-30(17)13-18-8-6-5-7-9-18)28-24(27)29-23(21)31-14-19-10-11-20(15-31)32(19)25(33)34-26(2,3)4/h5-9,17,19-20H,10-16H2,1-4H3/t17?,19-,20+. The lowest BCUT2D eigenvalue weighted by molar-refractivity contribution is 0.0122. The number of aromatic nitrogens is 2. The summed E-state index contributed by atoms with van der Waals surface area (Å²) in [4.78, 5) is 28.9. The first-order valence-electron chi connectivity index (χ1n) is 12.3. The molecule has 8 heteroatoms. The average Bonchev–Trinajstić information content (AvgIpc) is 3.04. The molecular formula is C26H34ClN5O2. The second-order valence-corrected chi connectivity index (χ2v) is 11.2. The maximum Gasteiger partial charge on any atom is 0.410 e. The highest BCUT2D eigenvalue weighted by atomic mass is 35.5. The van der Waals surface area contributed by atoms with Crippen LogP contribution in [0.3, 0.4) is 0 Å². The Morgan fingerprint density at radius 1 is 1.12 bits per heavy atom. The lowest BCUT2D eigenvalue weighted by atomic mass is 9.97. The van der Waals surface area contributed by atoms with Gasteiger partial charge in [-0.3, -0.25) is 9.80 Å². The summed E-state index contributed by atoms with van der Waals surface area (Å²) in [5, 5.41) is 0.296. The van der Waals surface area contributed by atoms with Gasteiger partial charge >= 0.3 is 6.09 Å². The van der Waals surface area contributed by atoms with Crippen molar-refractivity contribution < 1.29 is 9.53 Å². The van der Waals surface area contributed by atoms with Gasteiger partial charge in [0.1, 0.15) is 11.4 Å². The molecule has 34 heavy (non-hydrogen) atoms. The Labute approximate surface area is 207 Å². The number of anilines is 1. The predicted octanol–water partition coefficient (Wildman–Crippen LogP) is 4.66. The molecule has 182 valence electrons. The Bertz CT molecular complexity index is 1040. The number of fused-ring (bicyclic) bond motifs is 3. The third kappa shape index (κ3) is 4.73. The van der Waals surface area contributed by atoms with Gasteiger partial charge in [-0.1, -0.05) is 30.3 Å². The quantitative estimate of drug-likeness (QED) is 0.591. The van der Waals surface area contributed by atoms with Crippen LogP contribution in [0.15, 0.2) is 30.3 Å². The number of carbonyl (C=O) groups excluding carboxylic acids is 1. The van der Waals surface area contributed by atoms with Crippen molar-refractivity contribution in [3.63, 3.8) is 0 Å². The Morgan fingerprint density at radius 2 is 1.79 bits per heavy atom. The molecule has 3 aliphatic heterocycles. The highest BCUT2D eigenvalue weighted by Gasteiger charge is 2.45. The number of hydrogen-bond acceptors (Lipinski definition) is 6. The average molecular weight is 484 g/mol. The molecule has 0 N–H and O–H groups in total. The van der Waals surface area contributed by atoms with Gasteiger partial charge in [0, 0.05) is 37.8 Å². The van der Waals surface area contributed by atoms with Gasteiger partial charge in [-0.25, -0.2) is 14.8 Å². The molecule has 3 aliphatic rings.